The van der Waals surface area contributed by atoms with E-state index in [4.69, 9.17) is 4.52 Å². The second kappa shape index (κ2) is 8.47. The smallest absolute Gasteiger partial charge is 0.339 e. The third kappa shape index (κ3) is 4.64. The molecule has 0 radical (unpaired) electrons. The van der Waals surface area contributed by atoms with Gasteiger partial charge in [0.05, 0.1) is 11.3 Å². The van der Waals surface area contributed by atoms with E-state index in [1.54, 1.807) is 11.3 Å². The molecule has 1 saturated heterocycles. The number of nitrogens with one attached hydrogen (secondary N) is 1. The van der Waals surface area contributed by atoms with Crippen LogP contribution in [0.25, 0.3) is 11.4 Å². The van der Waals surface area contributed by atoms with E-state index in [0.29, 0.717) is 31.2 Å². The zero-order chi connectivity index (χ0) is 21.1. The largest absolute Gasteiger partial charge is 0.418 e. The number of aromatic nitrogens is 2. The summed E-state index contributed by atoms with van der Waals surface area (Å²) < 4.78 is 44.8. The highest BCUT2D eigenvalue weighted by molar-refractivity contribution is 7.08. The number of piperidine rings is 1. The molecule has 10 heteroatoms. The summed E-state index contributed by atoms with van der Waals surface area (Å²) in [4.78, 5) is 18.5. The van der Waals surface area contributed by atoms with Crippen LogP contribution in [0, 0.1) is 5.92 Å². The standard InChI is InChI=1S/C20H19F3N4O2S/c21-20(22,23)15-5-1-2-6-16(15)24-19(28)27-8-3-4-13(11-27)10-17-25-18(26-29-17)14-7-9-30-12-14/h1-2,5-7,9,12-13H,3-4,8,10-11H2,(H,24,28). The van der Waals surface area contributed by atoms with Gasteiger partial charge in [-0.3, -0.25) is 0 Å². The van der Waals surface area contributed by atoms with Crippen LogP contribution in [-0.2, 0) is 12.6 Å². The van der Waals surface area contributed by atoms with E-state index in [9.17, 15) is 18.0 Å². The molecule has 0 saturated carbocycles. The van der Waals surface area contributed by atoms with Gasteiger partial charge in [-0.1, -0.05) is 17.3 Å². The van der Waals surface area contributed by atoms with Gasteiger partial charge in [-0.05, 0) is 42.3 Å². The van der Waals surface area contributed by atoms with Gasteiger partial charge in [0, 0.05) is 30.5 Å². The maximum Gasteiger partial charge on any atom is 0.418 e. The van der Waals surface area contributed by atoms with E-state index in [1.165, 1.54) is 23.1 Å². The Kier molecular flexibility index (Phi) is 5.76. The van der Waals surface area contributed by atoms with Crippen molar-refractivity contribution in [2.45, 2.75) is 25.4 Å². The molecule has 0 bridgehead atoms. The second-order valence-corrected chi connectivity index (χ2v) is 7.94. The van der Waals surface area contributed by atoms with Crippen LogP contribution >= 0.6 is 11.3 Å². The number of para-hydroxylation sites is 1. The number of hydrogen-bond acceptors (Lipinski definition) is 5. The summed E-state index contributed by atoms with van der Waals surface area (Å²) in [6.07, 6.45) is -2.39. The lowest BCUT2D eigenvalue weighted by Gasteiger charge is -2.32. The highest BCUT2D eigenvalue weighted by Gasteiger charge is 2.34. The molecule has 3 heterocycles. The van der Waals surface area contributed by atoms with Crippen molar-refractivity contribution in [2.24, 2.45) is 5.92 Å². The van der Waals surface area contributed by atoms with Crippen LogP contribution < -0.4 is 5.32 Å². The summed E-state index contributed by atoms with van der Waals surface area (Å²) >= 11 is 1.54. The first-order chi connectivity index (χ1) is 14.4. The molecule has 6 nitrogen and oxygen atoms in total. The van der Waals surface area contributed by atoms with E-state index >= 15 is 0 Å². The topological polar surface area (TPSA) is 71.3 Å². The van der Waals surface area contributed by atoms with Crippen LogP contribution in [0.5, 0.6) is 0 Å². The average Bonchev–Trinajstić information content (AvgIpc) is 3.39. The molecule has 4 rings (SSSR count). The Morgan fingerprint density at radius 2 is 2.13 bits per heavy atom. The Bertz CT molecular complexity index is 1000. The molecule has 1 atom stereocenters. The molecule has 3 aromatic rings. The van der Waals surface area contributed by atoms with Gasteiger partial charge in [0.15, 0.2) is 0 Å². The Morgan fingerprint density at radius 1 is 1.30 bits per heavy atom. The number of amides is 2. The monoisotopic (exact) mass is 436 g/mol. The molecule has 30 heavy (non-hydrogen) atoms. The Labute approximate surface area is 174 Å². The number of alkyl halides is 3. The van der Waals surface area contributed by atoms with E-state index in [1.807, 2.05) is 16.8 Å². The normalized spacial score (nSPS) is 17.2. The maximum atomic E-state index is 13.2. The number of nitrogens with zero attached hydrogens (tertiary/aromatic N) is 3. The fraction of sp³-hybridized carbons (Fsp3) is 0.350. The highest BCUT2D eigenvalue weighted by atomic mass is 32.1. The molecule has 0 aliphatic carbocycles. The fourth-order valence-corrected chi connectivity index (χ4v) is 4.18. The van der Waals surface area contributed by atoms with Crippen molar-refractivity contribution < 1.29 is 22.5 Å². The minimum absolute atomic E-state index is 0.0955. The molecule has 1 aliphatic heterocycles. The number of rotatable bonds is 4. The minimum Gasteiger partial charge on any atom is -0.339 e. The van der Waals surface area contributed by atoms with E-state index in [2.05, 4.69) is 15.5 Å². The van der Waals surface area contributed by atoms with E-state index in [0.717, 1.165) is 24.5 Å². The molecule has 1 aromatic carbocycles. The Balaban J connectivity index is 1.39. The summed E-state index contributed by atoms with van der Waals surface area (Å²) in [7, 11) is 0. The van der Waals surface area contributed by atoms with Gasteiger partial charge in [0.1, 0.15) is 0 Å². The summed E-state index contributed by atoms with van der Waals surface area (Å²) in [5, 5.41) is 10.3. The first kappa shape index (κ1) is 20.4. The number of urea groups is 1. The number of halogens is 3. The summed E-state index contributed by atoms with van der Waals surface area (Å²) in [6.45, 7) is 0.899. The van der Waals surface area contributed by atoms with Gasteiger partial charge >= 0.3 is 12.2 Å². The van der Waals surface area contributed by atoms with Crippen molar-refractivity contribution in [1.29, 1.82) is 0 Å². The van der Waals surface area contributed by atoms with Crippen LogP contribution in [0.2, 0.25) is 0 Å². The predicted molar refractivity (Wildman–Crippen MR) is 106 cm³/mol. The number of carbonyl (C=O) groups excluding carboxylic acids is 1. The molecule has 1 fully saturated rings. The average molecular weight is 436 g/mol. The van der Waals surface area contributed by atoms with Crippen molar-refractivity contribution in [3.05, 3.63) is 52.5 Å². The van der Waals surface area contributed by atoms with Crippen LogP contribution in [0.3, 0.4) is 0 Å². The fourth-order valence-electron chi connectivity index (χ4n) is 3.54. The molecule has 1 N–H and O–H groups in total. The third-order valence-corrected chi connectivity index (χ3v) is 5.67. The Hall–Kier alpha value is -2.88. The lowest BCUT2D eigenvalue weighted by atomic mass is 9.95. The number of thiophene rings is 1. The van der Waals surface area contributed by atoms with Crippen LogP contribution in [0.4, 0.5) is 23.7 Å². The predicted octanol–water partition coefficient (Wildman–Crippen LogP) is 5.30. The Morgan fingerprint density at radius 3 is 2.90 bits per heavy atom. The number of anilines is 1. The molecule has 2 aromatic heterocycles. The third-order valence-electron chi connectivity index (χ3n) is 4.99. The van der Waals surface area contributed by atoms with Crippen molar-refractivity contribution >= 4 is 23.1 Å². The molecular formula is C20H19F3N4O2S. The molecule has 158 valence electrons. The lowest BCUT2D eigenvalue weighted by Crippen LogP contribution is -2.43. The zero-order valence-corrected chi connectivity index (χ0v) is 16.7. The minimum atomic E-state index is -4.54. The van der Waals surface area contributed by atoms with Crippen molar-refractivity contribution in [2.75, 3.05) is 18.4 Å². The maximum absolute atomic E-state index is 13.2. The number of likely N-dealkylation sites (tertiary alicyclic amines) is 1. The van der Waals surface area contributed by atoms with Gasteiger partial charge < -0.3 is 14.7 Å². The first-order valence-electron chi connectivity index (χ1n) is 9.47. The molecular weight excluding hydrogens is 417 g/mol. The van der Waals surface area contributed by atoms with E-state index < -0.39 is 17.8 Å². The van der Waals surface area contributed by atoms with Gasteiger partial charge in [-0.15, -0.1) is 0 Å². The second-order valence-electron chi connectivity index (χ2n) is 7.16. The van der Waals surface area contributed by atoms with E-state index in [-0.39, 0.29) is 11.6 Å². The van der Waals surface area contributed by atoms with Crippen LogP contribution in [0.1, 0.15) is 24.3 Å². The highest BCUT2D eigenvalue weighted by Crippen LogP contribution is 2.35. The summed E-state index contributed by atoms with van der Waals surface area (Å²) in [5.41, 5.74) is -0.212. The van der Waals surface area contributed by atoms with Crippen molar-refractivity contribution in [1.82, 2.24) is 15.0 Å². The number of hydrogen-bond donors (Lipinski definition) is 1. The molecule has 1 unspecified atom stereocenters. The quantitative estimate of drug-likeness (QED) is 0.602. The van der Waals surface area contributed by atoms with Gasteiger partial charge in [-0.2, -0.15) is 29.5 Å². The summed E-state index contributed by atoms with van der Waals surface area (Å²) in [6, 6.07) is 6.34. The molecule has 0 spiro atoms. The number of benzene rings is 1. The molecule has 2 amide bonds. The lowest BCUT2D eigenvalue weighted by molar-refractivity contribution is -0.136. The zero-order valence-electron chi connectivity index (χ0n) is 15.9. The number of carbonyl (C=O) groups is 1. The SMILES string of the molecule is O=C(Nc1ccccc1C(F)(F)F)N1CCCC(Cc2nc(-c3ccsc3)no2)C1. The molecule has 1 aliphatic rings. The van der Waals surface area contributed by atoms with Gasteiger partial charge in [-0.25, -0.2) is 4.79 Å². The first-order valence-corrected chi connectivity index (χ1v) is 10.4. The van der Waals surface area contributed by atoms with Crippen molar-refractivity contribution in [3.8, 4) is 11.4 Å². The van der Waals surface area contributed by atoms with Crippen LogP contribution in [0.15, 0.2) is 45.6 Å². The van der Waals surface area contributed by atoms with Crippen LogP contribution in [-0.4, -0.2) is 34.2 Å². The van der Waals surface area contributed by atoms with Crippen molar-refractivity contribution in [3.63, 3.8) is 0 Å². The summed E-state index contributed by atoms with van der Waals surface area (Å²) in [5.74, 6) is 1.12. The van der Waals surface area contributed by atoms with Gasteiger partial charge in [0.25, 0.3) is 0 Å². The van der Waals surface area contributed by atoms with Gasteiger partial charge in [0.2, 0.25) is 11.7 Å².